The first kappa shape index (κ1) is 16.3. The monoisotopic (exact) mass is 334 g/mol. The summed E-state index contributed by atoms with van der Waals surface area (Å²) in [6, 6.07) is 4.42. The van der Waals surface area contributed by atoms with Gasteiger partial charge in [-0.1, -0.05) is 0 Å². The quantitative estimate of drug-likeness (QED) is 0.900. The lowest BCUT2D eigenvalue weighted by molar-refractivity contribution is -0.138. The Balaban J connectivity index is 1.78. The number of benzene rings is 1. The van der Waals surface area contributed by atoms with Crippen LogP contribution in [0.15, 0.2) is 18.2 Å². The molecule has 2 aromatic rings. The number of carboxylic acids is 1. The Bertz CT molecular complexity index is 778. The highest BCUT2D eigenvalue weighted by molar-refractivity contribution is 5.99. The van der Waals surface area contributed by atoms with Gasteiger partial charge in [0.05, 0.1) is 12.6 Å². The van der Waals surface area contributed by atoms with Crippen molar-refractivity contribution in [3.63, 3.8) is 0 Å². The highest BCUT2D eigenvalue weighted by Crippen LogP contribution is 2.29. The molecule has 3 rings (SSSR count). The number of nitrogens with one attached hydrogen (secondary N) is 1. The molecule has 6 nitrogen and oxygen atoms in total. The molecule has 24 heavy (non-hydrogen) atoms. The standard InChI is InChI=1S/C17H19FN2O4/c1-24-14-3-2-12(18)16-11(14)9-13(19-16)17(23)20-6-4-10(5-7-20)8-15(21)22/h2-3,9-10,19H,4-8H2,1H3,(H,21,22). The number of halogens is 1. The summed E-state index contributed by atoms with van der Waals surface area (Å²) in [5.41, 5.74) is 0.559. The minimum Gasteiger partial charge on any atom is -0.496 e. The fourth-order valence-corrected chi connectivity index (χ4v) is 3.21. The van der Waals surface area contributed by atoms with E-state index in [-0.39, 0.29) is 23.8 Å². The molecule has 0 unspecified atom stereocenters. The number of amides is 1. The SMILES string of the molecule is COc1ccc(F)c2[nH]c(C(=O)N3CCC(CC(=O)O)CC3)cc12. The molecule has 0 spiro atoms. The Morgan fingerprint density at radius 2 is 2.08 bits per heavy atom. The van der Waals surface area contributed by atoms with Crippen molar-refractivity contribution in [2.45, 2.75) is 19.3 Å². The van der Waals surface area contributed by atoms with Gasteiger partial charge in [-0.05, 0) is 37.0 Å². The molecule has 1 aliphatic rings. The Hall–Kier alpha value is -2.57. The van der Waals surface area contributed by atoms with Gasteiger partial charge in [-0.25, -0.2) is 4.39 Å². The van der Waals surface area contributed by atoms with E-state index in [1.807, 2.05) is 0 Å². The van der Waals surface area contributed by atoms with Crippen LogP contribution in [0.4, 0.5) is 4.39 Å². The number of aliphatic carboxylic acids is 1. The number of hydrogen-bond donors (Lipinski definition) is 2. The van der Waals surface area contributed by atoms with Gasteiger partial charge in [0, 0.05) is 24.9 Å². The molecule has 1 fully saturated rings. The summed E-state index contributed by atoms with van der Waals surface area (Å²) in [4.78, 5) is 27.9. The lowest BCUT2D eigenvalue weighted by atomic mass is 9.93. The second-order valence-electron chi connectivity index (χ2n) is 6.05. The van der Waals surface area contributed by atoms with E-state index in [0.717, 1.165) is 0 Å². The molecule has 7 heteroatoms. The van der Waals surface area contributed by atoms with Gasteiger partial charge in [-0.3, -0.25) is 9.59 Å². The zero-order valence-electron chi connectivity index (χ0n) is 13.3. The average Bonchev–Trinajstić information content (AvgIpc) is 3.01. The van der Waals surface area contributed by atoms with Crippen molar-refractivity contribution in [1.29, 1.82) is 0 Å². The largest absolute Gasteiger partial charge is 0.496 e. The summed E-state index contributed by atoms with van der Waals surface area (Å²) in [6.45, 7) is 1.01. The number of nitrogens with zero attached hydrogens (tertiary/aromatic N) is 1. The maximum atomic E-state index is 13.9. The maximum absolute atomic E-state index is 13.9. The van der Waals surface area contributed by atoms with Crippen LogP contribution in [0, 0.1) is 11.7 Å². The molecule has 2 heterocycles. The van der Waals surface area contributed by atoms with Crippen LogP contribution in [-0.4, -0.2) is 47.1 Å². The number of H-pyrrole nitrogens is 1. The number of hydrogen-bond acceptors (Lipinski definition) is 3. The summed E-state index contributed by atoms with van der Waals surface area (Å²) in [7, 11) is 1.49. The number of aromatic amines is 1. The fourth-order valence-electron chi connectivity index (χ4n) is 3.21. The van der Waals surface area contributed by atoms with Gasteiger partial charge in [0.1, 0.15) is 17.3 Å². The second kappa shape index (κ2) is 6.51. The molecule has 128 valence electrons. The molecule has 1 aromatic heterocycles. The van der Waals surface area contributed by atoms with Crippen molar-refractivity contribution in [2.75, 3.05) is 20.2 Å². The summed E-state index contributed by atoms with van der Waals surface area (Å²) in [5.74, 6) is -0.849. The summed E-state index contributed by atoms with van der Waals surface area (Å²) >= 11 is 0. The first-order valence-electron chi connectivity index (χ1n) is 7.86. The number of aromatic nitrogens is 1. The highest BCUT2D eigenvalue weighted by Gasteiger charge is 2.26. The summed E-state index contributed by atoms with van der Waals surface area (Å²) in [5, 5.41) is 9.37. The van der Waals surface area contributed by atoms with E-state index in [9.17, 15) is 14.0 Å². The van der Waals surface area contributed by atoms with Gasteiger partial charge in [0.2, 0.25) is 0 Å². The van der Waals surface area contributed by atoms with Crippen molar-refractivity contribution < 1.29 is 23.8 Å². The zero-order chi connectivity index (χ0) is 17.3. The Morgan fingerprint density at radius 3 is 2.71 bits per heavy atom. The molecule has 1 aromatic carbocycles. The van der Waals surface area contributed by atoms with Gasteiger partial charge in [-0.15, -0.1) is 0 Å². The van der Waals surface area contributed by atoms with E-state index in [4.69, 9.17) is 9.84 Å². The number of methoxy groups -OCH3 is 1. The minimum atomic E-state index is -0.807. The predicted octanol–water partition coefficient (Wildman–Crippen LogP) is 2.64. The lowest BCUT2D eigenvalue weighted by Crippen LogP contribution is -2.39. The van der Waals surface area contributed by atoms with E-state index < -0.39 is 11.8 Å². The molecular formula is C17H19FN2O4. The predicted molar refractivity (Wildman–Crippen MR) is 85.7 cm³/mol. The molecule has 0 atom stereocenters. The van der Waals surface area contributed by atoms with Gasteiger partial charge in [-0.2, -0.15) is 0 Å². The van der Waals surface area contributed by atoms with Gasteiger partial charge >= 0.3 is 5.97 Å². The topological polar surface area (TPSA) is 82.6 Å². The van der Waals surface area contributed by atoms with Crippen molar-refractivity contribution in [3.05, 3.63) is 29.7 Å². The van der Waals surface area contributed by atoms with Crippen LogP contribution in [0.25, 0.3) is 10.9 Å². The maximum Gasteiger partial charge on any atom is 0.303 e. The highest BCUT2D eigenvalue weighted by atomic mass is 19.1. The minimum absolute atomic E-state index is 0.104. The van der Waals surface area contributed by atoms with Crippen molar-refractivity contribution in [1.82, 2.24) is 9.88 Å². The Morgan fingerprint density at radius 1 is 1.38 bits per heavy atom. The van der Waals surface area contributed by atoms with Crippen LogP contribution in [0.3, 0.4) is 0 Å². The number of fused-ring (bicyclic) bond motifs is 1. The smallest absolute Gasteiger partial charge is 0.303 e. The number of likely N-dealkylation sites (tertiary alicyclic amines) is 1. The Kier molecular flexibility index (Phi) is 4.42. The van der Waals surface area contributed by atoms with Crippen LogP contribution < -0.4 is 4.74 Å². The van der Waals surface area contributed by atoms with Gasteiger partial charge in [0.25, 0.3) is 5.91 Å². The van der Waals surface area contributed by atoms with E-state index >= 15 is 0 Å². The van der Waals surface area contributed by atoms with E-state index in [0.29, 0.717) is 42.8 Å². The molecule has 0 aliphatic carbocycles. The molecule has 0 bridgehead atoms. The first-order valence-corrected chi connectivity index (χ1v) is 7.86. The summed E-state index contributed by atoms with van der Waals surface area (Å²) in [6.07, 6.45) is 1.46. The van der Waals surface area contributed by atoms with Crippen molar-refractivity contribution in [3.8, 4) is 5.75 Å². The first-order chi connectivity index (χ1) is 11.5. The third kappa shape index (κ3) is 3.06. The second-order valence-corrected chi connectivity index (χ2v) is 6.05. The van der Waals surface area contributed by atoms with Crippen LogP contribution in [0.2, 0.25) is 0 Å². The Labute approximate surface area is 138 Å². The summed E-state index contributed by atoms with van der Waals surface area (Å²) < 4.78 is 19.1. The number of carbonyl (C=O) groups excluding carboxylic acids is 1. The third-order valence-electron chi connectivity index (χ3n) is 4.52. The molecular weight excluding hydrogens is 315 g/mol. The van der Waals surface area contributed by atoms with Crippen molar-refractivity contribution >= 4 is 22.8 Å². The van der Waals surface area contributed by atoms with Crippen LogP contribution in [0.1, 0.15) is 29.8 Å². The van der Waals surface area contributed by atoms with E-state index in [1.165, 1.54) is 19.2 Å². The van der Waals surface area contributed by atoms with Crippen LogP contribution in [-0.2, 0) is 4.79 Å². The molecule has 2 N–H and O–H groups in total. The number of carboxylic acid groups (broad SMARTS) is 1. The number of carbonyl (C=O) groups is 2. The number of ether oxygens (including phenoxy) is 1. The molecule has 1 aliphatic heterocycles. The van der Waals surface area contributed by atoms with Gasteiger partial charge in [0.15, 0.2) is 0 Å². The lowest BCUT2D eigenvalue weighted by Gasteiger charge is -2.31. The molecule has 1 saturated heterocycles. The molecule has 1 amide bonds. The van der Waals surface area contributed by atoms with Crippen LogP contribution in [0.5, 0.6) is 5.75 Å². The van der Waals surface area contributed by atoms with Gasteiger partial charge < -0.3 is 19.7 Å². The normalized spacial score (nSPS) is 15.7. The third-order valence-corrected chi connectivity index (χ3v) is 4.52. The average molecular weight is 334 g/mol. The van der Waals surface area contributed by atoms with E-state index in [1.54, 1.807) is 11.0 Å². The molecule has 0 radical (unpaired) electrons. The van der Waals surface area contributed by atoms with Crippen molar-refractivity contribution in [2.24, 2.45) is 5.92 Å². The van der Waals surface area contributed by atoms with E-state index in [2.05, 4.69) is 4.98 Å². The van der Waals surface area contributed by atoms with Crippen LogP contribution >= 0.6 is 0 Å². The zero-order valence-corrected chi connectivity index (χ0v) is 13.3. The number of piperidine rings is 1. The molecule has 0 saturated carbocycles. The fraction of sp³-hybridized carbons (Fsp3) is 0.412. The number of rotatable bonds is 4.